The van der Waals surface area contributed by atoms with Gasteiger partial charge in [-0.2, -0.15) is 0 Å². The van der Waals surface area contributed by atoms with Crippen LogP contribution < -0.4 is 0 Å². The third kappa shape index (κ3) is 1.87. The monoisotopic (exact) mass is 224 g/mol. The molecule has 16 heavy (non-hydrogen) atoms. The minimum Gasteiger partial charge on any atom is -0.481 e. The SMILES string of the molecule is CCC12CC(C)CC(C1)CC(C)(C(=O)O)C2. The summed E-state index contributed by atoms with van der Waals surface area (Å²) in [4.78, 5) is 11.4. The Labute approximate surface area is 98.4 Å². The van der Waals surface area contributed by atoms with E-state index in [4.69, 9.17) is 0 Å². The van der Waals surface area contributed by atoms with Crippen molar-refractivity contribution in [2.24, 2.45) is 22.7 Å². The van der Waals surface area contributed by atoms with Crippen molar-refractivity contribution < 1.29 is 9.90 Å². The predicted molar refractivity (Wildman–Crippen MR) is 64.2 cm³/mol. The molecule has 92 valence electrons. The Kier molecular flexibility index (Phi) is 2.80. The second-order valence-electron chi connectivity index (χ2n) is 6.72. The average molecular weight is 224 g/mol. The van der Waals surface area contributed by atoms with Gasteiger partial charge in [0.05, 0.1) is 5.41 Å². The highest BCUT2D eigenvalue weighted by Crippen LogP contribution is 2.58. The molecule has 4 atom stereocenters. The van der Waals surface area contributed by atoms with Crippen LogP contribution in [0.2, 0.25) is 0 Å². The van der Waals surface area contributed by atoms with Gasteiger partial charge in [-0.1, -0.05) is 20.3 Å². The number of hydrogen-bond donors (Lipinski definition) is 1. The zero-order valence-electron chi connectivity index (χ0n) is 10.8. The van der Waals surface area contributed by atoms with Crippen LogP contribution in [0.25, 0.3) is 0 Å². The number of carbonyl (C=O) groups is 1. The van der Waals surface area contributed by atoms with Crippen molar-refractivity contribution in [2.45, 2.75) is 59.3 Å². The molecule has 0 spiro atoms. The molecule has 4 unspecified atom stereocenters. The summed E-state index contributed by atoms with van der Waals surface area (Å²) in [7, 11) is 0. The van der Waals surface area contributed by atoms with E-state index in [-0.39, 0.29) is 0 Å². The maximum absolute atomic E-state index is 11.4. The quantitative estimate of drug-likeness (QED) is 0.776. The summed E-state index contributed by atoms with van der Waals surface area (Å²) >= 11 is 0. The van der Waals surface area contributed by atoms with Gasteiger partial charge in [-0.15, -0.1) is 0 Å². The predicted octanol–water partition coefficient (Wildman–Crippen LogP) is 3.70. The molecule has 0 amide bonds. The molecule has 1 N–H and O–H groups in total. The molecule has 2 rings (SSSR count). The fraction of sp³-hybridized carbons (Fsp3) is 0.929. The largest absolute Gasteiger partial charge is 0.481 e. The Morgan fingerprint density at radius 2 is 2.06 bits per heavy atom. The first-order valence-corrected chi connectivity index (χ1v) is 6.62. The molecule has 0 aliphatic heterocycles. The van der Waals surface area contributed by atoms with Gasteiger partial charge >= 0.3 is 5.97 Å². The van der Waals surface area contributed by atoms with E-state index in [2.05, 4.69) is 13.8 Å². The maximum atomic E-state index is 11.4. The van der Waals surface area contributed by atoms with Crippen LogP contribution in [-0.4, -0.2) is 11.1 Å². The number of hydrogen-bond acceptors (Lipinski definition) is 1. The minimum atomic E-state index is -0.579. The van der Waals surface area contributed by atoms with Crippen molar-refractivity contribution in [1.29, 1.82) is 0 Å². The molecule has 2 fully saturated rings. The highest BCUT2D eigenvalue weighted by atomic mass is 16.4. The molecule has 0 aromatic rings. The van der Waals surface area contributed by atoms with Crippen LogP contribution in [0.1, 0.15) is 59.3 Å². The number of aliphatic carboxylic acids is 1. The van der Waals surface area contributed by atoms with Crippen LogP contribution in [0.3, 0.4) is 0 Å². The summed E-state index contributed by atoms with van der Waals surface area (Å²) < 4.78 is 0. The molecule has 0 radical (unpaired) electrons. The van der Waals surface area contributed by atoms with E-state index >= 15 is 0 Å². The summed E-state index contributed by atoms with van der Waals surface area (Å²) in [6.07, 6.45) is 6.70. The van der Waals surface area contributed by atoms with Crippen molar-refractivity contribution in [3.63, 3.8) is 0 Å². The number of fused-ring (bicyclic) bond motifs is 2. The fourth-order valence-corrected chi connectivity index (χ4v) is 4.58. The molecule has 2 nitrogen and oxygen atoms in total. The van der Waals surface area contributed by atoms with Gasteiger partial charge in [0.15, 0.2) is 0 Å². The molecule has 2 aliphatic carbocycles. The molecule has 2 aliphatic rings. The van der Waals surface area contributed by atoms with E-state index in [1.54, 1.807) is 0 Å². The van der Waals surface area contributed by atoms with E-state index in [9.17, 15) is 9.90 Å². The molecule has 2 heteroatoms. The topological polar surface area (TPSA) is 37.3 Å². The van der Waals surface area contributed by atoms with Crippen molar-refractivity contribution in [1.82, 2.24) is 0 Å². The van der Waals surface area contributed by atoms with Gasteiger partial charge in [0.25, 0.3) is 0 Å². The number of carboxylic acid groups (broad SMARTS) is 1. The maximum Gasteiger partial charge on any atom is 0.309 e. The minimum absolute atomic E-state index is 0.327. The first-order valence-electron chi connectivity index (χ1n) is 6.62. The lowest BCUT2D eigenvalue weighted by atomic mass is 9.51. The van der Waals surface area contributed by atoms with E-state index < -0.39 is 11.4 Å². The summed E-state index contributed by atoms with van der Waals surface area (Å²) in [6.45, 7) is 6.53. The molecular formula is C14H24O2. The smallest absolute Gasteiger partial charge is 0.309 e. The third-order valence-corrected chi connectivity index (χ3v) is 5.01. The highest BCUT2D eigenvalue weighted by Gasteiger charge is 2.51. The van der Waals surface area contributed by atoms with Crippen LogP contribution in [-0.2, 0) is 4.79 Å². The van der Waals surface area contributed by atoms with Gasteiger partial charge in [0, 0.05) is 0 Å². The fourth-order valence-electron chi connectivity index (χ4n) is 4.58. The highest BCUT2D eigenvalue weighted by molar-refractivity contribution is 5.74. The Morgan fingerprint density at radius 1 is 1.38 bits per heavy atom. The number of carboxylic acids is 1. The van der Waals surface area contributed by atoms with E-state index in [1.165, 1.54) is 19.3 Å². The van der Waals surface area contributed by atoms with Crippen LogP contribution in [0.4, 0.5) is 0 Å². The van der Waals surface area contributed by atoms with Crippen LogP contribution in [0.5, 0.6) is 0 Å². The molecule has 0 aromatic carbocycles. The lowest BCUT2D eigenvalue weighted by Crippen LogP contribution is -2.46. The molecule has 0 aromatic heterocycles. The molecule has 0 saturated heterocycles. The van der Waals surface area contributed by atoms with Crippen molar-refractivity contribution >= 4 is 5.97 Å². The summed E-state index contributed by atoms with van der Waals surface area (Å²) in [5, 5.41) is 9.43. The van der Waals surface area contributed by atoms with Crippen LogP contribution >= 0.6 is 0 Å². The van der Waals surface area contributed by atoms with Crippen LogP contribution in [0, 0.1) is 22.7 Å². The van der Waals surface area contributed by atoms with Crippen molar-refractivity contribution in [3.05, 3.63) is 0 Å². The normalized spacial score (nSPS) is 47.7. The summed E-state index contributed by atoms with van der Waals surface area (Å²) in [5.41, 5.74) is -0.132. The first kappa shape index (κ1) is 11.9. The Balaban J connectivity index is 2.26. The molecule has 2 bridgehead atoms. The summed E-state index contributed by atoms with van der Waals surface area (Å²) in [6, 6.07) is 0. The Hall–Kier alpha value is -0.530. The zero-order chi connectivity index (χ0) is 12.0. The summed E-state index contributed by atoms with van der Waals surface area (Å²) in [5.74, 6) is 0.861. The van der Waals surface area contributed by atoms with E-state index in [0.29, 0.717) is 11.3 Å². The van der Waals surface area contributed by atoms with Gasteiger partial charge < -0.3 is 5.11 Å². The van der Waals surface area contributed by atoms with Gasteiger partial charge in [-0.05, 0) is 56.3 Å². The van der Waals surface area contributed by atoms with Crippen molar-refractivity contribution in [3.8, 4) is 0 Å². The molecular weight excluding hydrogens is 200 g/mol. The second kappa shape index (κ2) is 3.75. The van der Waals surface area contributed by atoms with Gasteiger partial charge in [0.2, 0.25) is 0 Å². The Bertz CT molecular complexity index is 295. The Morgan fingerprint density at radius 3 is 2.62 bits per heavy atom. The van der Waals surface area contributed by atoms with E-state index in [1.807, 2.05) is 6.92 Å². The van der Waals surface area contributed by atoms with Gasteiger partial charge in [-0.3, -0.25) is 4.79 Å². The second-order valence-corrected chi connectivity index (χ2v) is 6.72. The standard InChI is InChI=1S/C14H24O2/c1-4-14-6-10(2)5-11(8-14)7-13(3,9-14)12(15)16/h10-11H,4-9H2,1-3H3,(H,15,16). The average Bonchev–Trinajstić information content (AvgIpc) is 2.15. The number of rotatable bonds is 2. The molecule has 0 heterocycles. The van der Waals surface area contributed by atoms with E-state index in [0.717, 1.165) is 25.2 Å². The lowest BCUT2D eigenvalue weighted by Gasteiger charge is -2.53. The first-order chi connectivity index (χ1) is 7.39. The molecule has 2 saturated carbocycles. The third-order valence-electron chi connectivity index (χ3n) is 5.01. The van der Waals surface area contributed by atoms with Crippen molar-refractivity contribution in [2.75, 3.05) is 0 Å². The van der Waals surface area contributed by atoms with Crippen LogP contribution in [0.15, 0.2) is 0 Å². The van der Waals surface area contributed by atoms with Gasteiger partial charge in [0.1, 0.15) is 0 Å². The zero-order valence-corrected chi connectivity index (χ0v) is 10.8. The van der Waals surface area contributed by atoms with Gasteiger partial charge in [-0.25, -0.2) is 0 Å². The lowest BCUT2D eigenvalue weighted by molar-refractivity contribution is -0.157.